The first-order valence-electron chi connectivity index (χ1n) is 24.6. The number of nitriles is 2. The molecule has 0 saturated heterocycles. The summed E-state index contributed by atoms with van der Waals surface area (Å²) < 4.78 is 4.78. The van der Waals surface area contributed by atoms with E-state index in [1.54, 1.807) is 0 Å². The van der Waals surface area contributed by atoms with E-state index in [2.05, 4.69) is 259 Å². The van der Waals surface area contributed by atoms with Gasteiger partial charge in [0, 0.05) is 32.7 Å². The fourth-order valence-corrected chi connectivity index (χ4v) is 11.0. The molecule has 0 aliphatic rings. The Kier molecular flexibility index (Phi) is 10.5. The Bertz CT molecular complexity index is 4180. The number of aryl methyl sites for hydroxylation is 1. The SMILES string of the molecule is Cc1cc(C#N)ccc1-c1ccc(-n2c3ccc(-c4ccccc4)cc3c3cc(-c4ccccc4)ccc32)c(-c2ccc(C#N)cc2-n2c3ccc(-c4ccccc4)cc3c3cc(-c4ccccc4)ccc32)c1. The minimum Gasteiger partial charge on any atom is -0.309 e. The van der Waals surface area contributed by atoms with E-state index in [0.717, 1.165) is 127 Å². The summed E-state index contributed by atoms with van der Waals surface area (Å²) in [6.07, 6.45) is 0. The van der Waals surface area contributed by atoms with Crippen LogP contribution in [-0.2, 0) is 0 Å². The van der Waals surface area contributed by atoms with Crippen LogP contribution in [0.4, 0.5) is 0 Å². The average Bonchev–Trinajstić information content (AvgIpc) is 3.97. The van der Waals surface area contributed by atoms with Gasteiger partial charge in [0.15, 0.2) is 0 Å². The van der Waals surface area contributed by atoms with Gasteiger partial charge in [-0.2, -0.15) is 10.5 Å². The minimum absolute atomic E-state index is 0.565. The molecule has 4 nitrogen and oxygen atoms in total. The highest BCUT2D eigenvalue weighted by Gasteiger charge is 2.23. The number of fused-ring (bicyclic) bond motifs is 6. The van der Waals surface area contributed by atoms with Gasteiger partial charge in [0.25, 0.3) is 0 Å². The third kappa shape index (κ3) is 7.46. The van der Waals surface area contributed by atoms with Crippen molar-refractivity contribution < 1.29 is 0 Å². The Hall–Kier alpha value is -10.0. The lowest BCUT2D eigenvalue weighted by Gasteiger charge is -2.20. The quantitative estimate of drug-likeness (QED) is 0.152. The molecular weight excluding hydrogens is 885 g/mol. The zero-order chi connectivity index (χ0) is 49.0. The lowest BCUT2D eigenvalue weighted by atomic mass is 9.92. The minimum atomic E-state index is 0.565. The van der Waals surface area contributed by atoms with E-state index in [1.165, 1.54) is 0 Å². The molecule has 2 aromatic heterocycles. The highest BCUT2D eigenvalue weighted by Crippen LogP contribution is 2.45. The molecule has 73 heavy (non-hydrogen) atoms. The smallest absolute Gasteiger partial charge is 0.0992 e. The standard InChI is InChI=1S/C69H44N4/c1-45-36-46(43-70)22-29-57(45)56-28-35-64(72-65-31-24-52(48-14-6-2-7-15-48)38-60(65)61-39-53(25-32-66(61)72)49-16-8-3-9-17-49)59(42-56)58-30-23-47(44-71)37-69(58)73-67-33-26-54(50-18-10-4-11-19-50)40-62(67)63-41-55(27-34-68(63)73)51-20-12-5-13-21-51/h2-42H,1H3. The van der Waals surface area contributed by atoms with E-state index in [9.17, 15) is 10.5 Å². The lowest BCUT2D eigenvalue weighted by molar-refractivity contribution is 1.16. The van der Waals surface area contributed by atoms with Crippen molar-refractivity contribution in [1.82, 2.24) is 9.13 Å². The normalized spacial score (nSPS) is 11.3. The van der Waals surface area contributed by atoms with Crippen LogP contribution in [0.5, 0.6) is 0 Å². The molecule has 4 heteroatoms. The number of aromatic nitrogens is 2. The molecule has 0 aliphatic carbocycles. The van der Waals surface area contributed by atoms with E-state index in [4.69, 9.17) is 0 Å². The fourth-order valence-electron chi connectivity index (χ4n) is 11.0. The Balaban J connectivity index is 1.12. The summed E-state index contributed by atoms with van der Waals surface area (Å²) in [5.41, 5.74) is 21.5. The maximum absolute atomic E-state index is 10.7. The Morgan fingerprint density at radius 2 is 0.630 bits per heavy atom. The van der Waals surface area contributed by atoms with Gasteiger partial charge in [-0.15, -0.1) is 0 Å². The highest BCUT2D eigenvalue weighted by molar-refractivity contribution is 6.14. The van der Waals surface area contributed by atoms with Crippen LogP contribution in [0.1, 0.15) is 16.7 Å². The predicted molar refractivity (Wildman–Crippen MR) is 302 cm³/mol. The van der Waals surface area contributed by atoms with Crippen molar-refractivity contribution in [1.29, 1.82) is 10.5 Å². The van der Waals surface area contributed by atoms with E-state index in [-0.39, 0.29) is 0 Å². The van der Waals surface area contributed by atoms with Crippen LogP contribution in [0.15, 0.2) is 249 Å². The monoisotopic (exact) mass is 928 g/mol. The van der Waals surface area contributed by atoms with Crippen molar-refractivity contribution in [3.05, 3.63) is 265 Å². The van der Waals surface area contributed by atoms with Gasteiger partial charge in [0.05, 0.1) is 56.7 Å². The van der Waals surface area contributed by atoms with Gasteiger partial charge in [0.2, 0.25) is 0 Å². The molecule has 0 saturated carbocycles. The van der Waals surface area contributed by atoms with E-state index >= 15 is 0 Å². The van der Waals surface area contributed by atoms with Crippen LogP contribution in [0.2, 0.25) is 0 Å². The third-order valence-electron chi connectivity index (χ3n) is 14.5. The zero-order valence-electron chi connectivity index (χ0n) is 40.0. The van der Waals surface area contributed by atoms with Gasteiger partial charge in [-0.05, 0) is 153 Å². The highest BCUT2D eigenvalue weighted by atomic mass is 15.0. The van der Waals surface area contributed by atoms with E-state index in [1.807, 2.05) is 18.2 Å². The summed E-state index contributed by atoms with van der Waals surface area (Å²) in [7, 11) is 0. The van der Waals surface area contributed by atoms with Gasteiger partial charge in [-0.3, -0.25) is 0 Å². The topological polar surface area (TPSA) is 57.4 Å². The van der Waals surface area contributed by atoms with Crippen molar-refractivity contribution in [2.24, 2.45) is 0 Å². The summed E-state index contributed by atoms with van der Waals surface area (Å²) in [6.45, 7) is 2.07. The van der Waals surface area contributed by atoms with Crippen LogP contribution in [0.25, 0.3) is 122 Å². The van der Waals surface area contributed by atoms with Crippen molar-refractivity contribution >= 4 is 43.6 Å². The fraction of sp³-hybridized carbons (Fsp3) is 0.0145. The molecule has 0 atom stereocenters. The van der Waals surface area contributed by atoms with Crippen LogP contribution in [-0.4, -0.2) is 9.13 Å². The van der Waals surface area contributed by atoms with Crippen LogP contribution in [0.3, 0.4) is 0 Å². The molecule has 0 N–H and O–H groups in total. The number of nitrogens with zero attached hydrogens (tertiary/aromatic N) is 4. The van der Waals surface area contributed by atoms with Gasteiger partial charge in [-0.25, -0.2) is 0 Å². The molecule has 0 unspecified atom stereocenters. The van der Waals surface area contributed by atoms with Crippen LogP contribution >= 0.6 is 0 Å². The zero-order valence-corrected chi connectivity index (χ0v) is 40.0. The number of hydrogen-bond acceptors (Lipinski definition) is 2. The Morgan fingerprint density at radius 1 is 0.274 bits per heavy atom. The summed E-state index contributed by atoms with van der Waals surface area (Å²) in [6, 6.07) is 93.1. The number of benzene rings is 11. The van der Waals surface area contributed by atoms with E-state index in [0.29, 0.717) is 11.1 Å². The molecule has 340 valence electrons. The molecule has 2 heterocycles. The second-order valence-corrected chi connectivity index (χ2v) is 18.8. The molecule has 0 radical (unpaired) electrons. The Morgan fingerprint density at radius 3 is 1.01 bits per heavy atom. The van der Waals surface area contributed by atoms with Crippen LogP contribution in [0, 0.1) is 29.6 Å². The molecule has 0 amide bonds. The molecule has 0 spiro atoms. The molecule has 0 bridgehead atoms. The summed E-state index contributed by atoms with van der Waals surface area (Å²) in [4.78, 5) is 0. The average molecular weight is 929 g/mol. The van der Waals surface area contributed by atoms with Crippen LogP contribution < -0.4 is 0 Å². The first-order chi connectivity index (χ1) is 36.0. The summed E-state index contributed by atoms with van der Waals surface area (Å²) in [5.74, 6) is 0. The summed E-state index contributed by atoms with van der Waals surface area (Å²) >= 11 is 0. The van der Waals surface area contributed by atoms with Gasteiger partial charge < -0.3 is 9.13 Å². The third-order valence-corrected chi connectivity index (χ3v) is 14.5. The van der Waals surface area contributed by atoms with E-state index < -0.39 is 0 Å². The first-order valence-corrected chi connectivity index (χ1v) is 24.6. The summed E-state index contributed by atoms with van der Waals surface area (Å²) in [5, 5.41) is 25.1. The van der Waals surface area contributed by atoms with Gasteiger partial charge in [-0.1, -0.05) is 164 Å². The molecule has 0 fully saturated rings. The predicted octanol–water partition coefficient (Wildman–Crippen LogP) is 17.9. The maximum Gasteiger partial charge on any atom is 0.0992 e. The van der Waals surface area contributed by atoms with Crippen molar-refractivity contribution in [3.8, 4) is 90.3 Å². The Labute approximate surface area is 423 Å². The van der Waals surface area contributed by atoms with Gasteiger partial charge >= 0.3 is 0 Å². The molecule has 13 aromatic rings. The molecule has 13 rings (SSSR count). The van der Waals surface area contributed by atoms with Gasteiger partial charge in [0.1, 0.15) is 0 Å². The number of rotatable bonds is 8. The van der Waals surface area contributed by atoms with Crippen molar-refractivity contribution in [3.63, 3.8) is 0 Å². The number of hydrogen-bond donors (Lipinski definition) is 0. The molecule has 11 aromatic carbocycles. The lowest BCUT2D eigenvalue weighted by Crippen LogP contribution is -2.03. The molecular formula is C69H44N4. The largest absolute Gasteiger partial charge is 0.309 e. The van der Waals surface area contributed by atoms with Crippen molar-refractivity contribution in [2.45, 2.75) is 6.92 Å². The maximum atomic E-state index is 10.7. The second-order valence-electron chi connectivity index (χ2n) is 18.8. The second kappa shape index (κ2) is 17.8. The molecule has 0 aliphatic heterocycles. The first kappa shape index (κ1) is 43.1. The van der Waals surface area contributed by atoms with Crippen molar-refractivity contribution in [2.75, 3.05) is 0 Å².